The Morgan fingerprint density at radius 3 is 2.24 bits per heavy atom. The number of fused-ring (bicyclic) bond motifs is 1. The fourth-order valence-corrected chi connectivity index (χ4v) is 3.48. The van der Waals surface area contributed by atoms with Crippen LogP contribution in [0.5, 0.6) is 0 Å². The Morgan fingerprint density at radius 1 is 1.00 bits per heavy atom. The predicted octanol–water partition coefficient (Wildman–Crippen LogP) is 4.51. The number of carbonyl (C=O) groups is 1. The van der Waals surface area contributed by atoms with E-state index in [0.29, 0.717) is 10.6 Å². The molecule has 1 unspecified atom stereocenters. The number of halogens is 1. The fraction of sp³-hybridized carbons (Fsp3) is 0.350. The second-order valence-electron chi connectivity index (χ2n) is 6.33. The summed E-state index contributed by atoms with van der Waals surface area (Å²) in [6, 6.07) is 11.8. The molecular formula is C20H23ClN2O2. The summed E-state index contributed by atoms with van der Waals surface area (Å²) in [5, 5.41) is 0.617. The van der Waals surface area contributed by atoms with Crippen LogP contribution in [0.15, 0.2) is 36.4 Å². The van der Waals surface area contributed by atoms with Crippen molar-refractivity contribution in [1.29, 1.82) is 0 Å². The molecule has 0 amide bonds. The van der Waals surface area contributed by atoms with E-state index < -0.39 is 6.10 Å². The van der Waals surface area contributed by atoms with Crippen molar-refractivity contribution in [1.82, 2.24) is 0 Å². The van der Waals surface area contributed by atoms with E-state index in [1.165, 1.54) is 0 Å². The van der Waals surface area contributed by atoms with Crippen molar-refractivity contribution in [3.63, 3.8) is 0 Å². The van der Waals surface area contributed by atoms with Crippen molar-refractivity contribution in [3.05, 3.63) is 58.1 Å². The van der Waals surface area contributed by atoms with Crippen molar-refractivity contribution >= 4 is 28.9 Å². The van der Waals surface area contributed by atoms with Gasteiger partial charge in [0.25, 0.3) is 0 Å². The van der Waals surface area contributed by atoms with E-state index in [-0.39, 0.29) is 5.97 Å². The number of carbonyl (C=O) groups excluding carboxylic acids is 1. The summed E-state index contributed by atoms with van der Waals surface area (Å²) < 4.78 is 5.63. The zero-order chi connectivity index (χ0) is 18.1. The number of hydrogen-bond acceptors (Lipinski definition) is 4. The van der Waals surface area contributed by atoms with Gasteiger partial charge in [0.05, 0.1) is 5.56 Å². The van der Waals surface area contributed by atoms with E-state index in [9.17, 15) is 4.79 Å². The van der Waals surface area contributed by atoms with Gasteiger partial charge in [-0.1, -0.05) is 23.7 Å². The largest absolute Gasteiger partial charge is 0.449 e. The molecule has 0 spiro atoms. The summed E-state index contributed by atoms with van der Waals surface area (Å²) in [6.07, 6.45) is -0.447. The molecule has 0 saturated carbocycles. The molecule has 0 aliphatic carbocycles. The van der Waals surface area contributed by atoms with E-state index in [1.54, 1.807) is 0 Å². The Morgan fingerprint density at radius 2 is 1.64 bits per heavy atom. The van der Waals surface area contributed by atoms with E-state index in [1.807, 2.05) is 55.4 Å². The Hall–Kier alpha value is -2.20. The minimum Gasteiger partial charge on any atom is -0.449 e. The second-order valence-corrected chi connectivity index (χ2v) is 6.74. The smallest absolute Gasteiger partial charge is 0.339 e. The highest BCUT2D eigenvalue weighted by atomic mass is 35.5. The molecule has 0 N–H and O–H groups in total. The zero-order valence-corrected chi connectivity index (χ0v) is 15.8. The lowest BCUT2D eigenvalue weighted by atomic mass is 9.98. The minimum atomic E-state index is -0.447. The van der Waals surface area contributed by atoms with Crippen molar-refractivity contribution in [2.45, 2.75) is 20.0 Å². The van der Waals surface area contributed by atoms with Gasteiger partial charge in [0.2, 0.25) is 0 Å². The lowest BCUT2D eigenvalue weighted by Crippen LogP contribution is -2.21. The average molecular weight is 359 g/mol. The van der Waals surface area contributed by atoms with Gasteiger partial charge in [-0.2, -0.15) is 0 Å². The number of anilines is 2. The van der Waals surface area contributed by atoms with Crippen LogP contribution in [-0.2, 0) is 4.74 Å². The van der Waals surface area contributed by atoms with Gasteiger partial charge in [0.15, 0.2) is 6.10 Å². The van der Waals surface area contributed by atoms with E-state index in [0.717, 1.165) is 35.6 Å². The number of hydrogen-bond donors (Lipinski definition) is 0. The summed E-state index contributed by atoms with van der Waals surface area (Å²) in [7, 11) is 3.89. The molecule has 3 rings (SSSR count). The van der Waals surface area contributed by atoms with Crippen LogP contribution >= 0.6 is 11.6 Å². The minimum absolute atomic E-state index is 0.299. The third-order valence-corrected chi connectivity index (χ3v) is 5.00. The van der Waals surface area contributed by atoms with Crippen molar-refractivity contribution in [3.8, 4) is 0 Å². The summed E-state index contributed by atoms with van der Waals surface area (Å²) in [5.41, 5.74) is 4.35. The van der Waals surface area contributed by atoms with E-state index in [4.69, 9.17) is 16.3 Å². The van der Waals surface area contributed by atoms with Gasteiger partial charge in [-0.25, -0.2) is 4.79 Å². The van der Waals surface area contributed by atoms with Gasteiger partial charge in [0, 0.05) is 54.7 Å². The Kier molecular flexibility index (Phi) is 4.91. The maximum Gasteiger partial charge on any atom is 0.339 e. The molecule has 4 nitrogen and oxygen atoms in total. The van der Waals surface area contributed by atoms with Gasteiger partial charge < -0.3 is 14.5 Å². The molecule has 1 heterocycles. The standard InChI is InChI=1S/C20H23ClN2O2/c1-5-23(6-2)14-8-10-16(18(21)12-14)19-15-9-7-13(22(3)4)11-17(15)20(24)25-19/h7-12,19H,5-6H2,1-4H3. The highest BCUT2D eigenvalue weighted by molar-refractivity contribution is 6.31. The molecule has 1 atom stereocenters. The van der Waals surface area contributed by atoms with Crippen LogP contribution in [0.25, 0.3) is 0 Å². The van der Waals surface area contributed by atoms with Gasteiger partial charge in [-0.15, -0.1) is 0 Å². The molecule has 0 saturated heterocycles. The number of rotatable bonds is 5. The van der Waals surface area contributed by atoms with E-state index >= 15 is 0 Å². The second kappa shape index (κ2) is 6.96. The van der Waals surface area contributed by atoms with Crippen molar-refractivity contribution < 1.29 is 9.53 Å². The number of nitrogens with zero attached hydrogens (tertiary/aromatic N) is 2. The average Bonchev–Trinajstić information content (AvgIpc) is 2.92. The predicted molar refractivity (Wildman–Crippen MR) is 103 cm³/mol. The van der Waals surface area contributed by atoms with Crippen LogP contribution in [0.1, 0.15) is 41.4 Å². The Bertz CT molecular complexity index is 800. The van der Waals surface area contributed by atoms with Crippen LogP contribution in [0.3, 0.4) is 0 Å². The fourth-order valence-electron chi connectivity index (χ4n) is 3.21. The van der Waals surface area contributed by atoms with Crippen LogP contribution in [0, 0.1) is 0 Å². The number of esters is 1. The molecule has 0 aromatic heterocycles. The maximum absolute atomic E-state index is 12.3. The highest BCUT2D eigenvalue weighted by Gasteiger charge is 2.33. The number of ether oxygens (including phenoxy) is 1. The molecule has 25 heavy (non-hydrogen) atoms. The molecular weight excluding hydrogens is 336 g/mol. The highest BCUT2D eigenvalue weighted by Crippen LogP contribution is 2.40. The Labute approximate surface area is 154 Å². The van der Waals surface area contributed by atoms with Crippen LogP contribution in [0.2, 0.25) is 5.02 Å². The van der Waals surface area contributed by atoms with Gasteiger partial charge >= 0.3 is 5.97 Å². The summed E-state index contributed by atoms with van der Waals surface area (Å²) in [5.74, 6) is -0.299. The molecule has 1 aliphatic heterocycles. The SMILES string of the molecule is CCN(CC)c1ccc(C2OC(=O)c3cc(N(C)C)ccc32)c(Cl)c1. The normalized spacial score (nSPS) is 15.7. The summed E-state index contributed by atoms with van der Waals surface area (Å²) in [4.78, 5) is 16.5. The zero-order valence-electron chi connectivity index (χ0n) is 15.0. The molecule has 0 fully saturated rings. The molecule has 0 radical (unpaired) electrons. The molecule has 1 aliphatic rings. The maximum atomic E-state index is 12.3. The van der Waals surface area contributed by atoms with Gasteiger partial charge in [-0.3, -0.25) is 0 Å². The van der Waals surface area contributed by atoms with Crippen LogP contribution < -0.4 is 9.80 Å². The van der Waals surface area contributed by atoms with Crippen molar-refractivity contribution in [2.75, 3.05) is 37.0 Å². The molecule has 2 aromatic rings. The van der Waals surface area contributed by atoms with Crippen LogP contribution in [-0.4, -0.2) is 33.2 Å². The summed E-state index contributed by atoms with van der Waals surface area (Å²) >= 11 is 6.54. The first-order valence-electron chi connectivity index (χ1n) is 8.52. The van der Waals surface area contributed by atoms with E-state index in [2.05, 4.69) is 18.7 Å². The summed E-state index contributed by atoms with van der Waals surface area (Å²) in [6.45, 7) is 6.06. The van der Waals surface area contributed by atoms with Crippen molar-refractivity contribution in [2.24, 2.45) is 0 Å². The third kappa shape index (κ3) is 3.19. The number of benzene rings is 2. The molecule has 132 valence electrons. The van der Waals surface area contributed by atoms with Crippen LogP contribution in [0.4, 0.5) is 11.4 Å². The lowest BCUT2D eigenvalue weighted by Gasteiger charge is -2.22. The monoisotopic (exact) mass is 358 g/mol. The third-order valence-electron chi connectivity index (χ3n) is 4.68. The van der Waals surface area contributed by atoms with Gasteiger partial charge in [0.1, 0.15) is 0 Å². The first kappa shape index (κ1) is 17.6. The molecule has 5 heteroatoms. The lowest BCUT2D eigenvalue weighted by molar-refractivity contribution is 0.0456. The molecule has 0 bridgehead atoms. The molecule has 2 aromatic carbocycles. The Balaban J connectivity index is 1.98. The quantitative estimate of drug-likeness (QED) is 0.736. The van der Waals surface area contributed by atoms with Gasteiger partial charge in [-0.05, 0) is 38.1 Å². The first-order chi connectivity index (χ1) is 12.0. The topological polar surface area (TPSA) is 32.8 Å². The number of cyclic esters (lactones) is 1. The first-order valence-corrected chi connectivity index (χ1v) is 8.90.